The number of nitrogens with zero attached hydrogens (tertiary/aromatic N) is 3. The van der Waals surface area contributed by atoms with Crippen LogP contribution in [0, 0.1) is 0 Å². The molecule has 0 saturated carbocycles. The number of halogens is 1. The summed E-state index contributed by atoms with van der Waals surface area (Å²) in [6.45, 7) is 1.15. The van der Waals surface area contributed by atoms with Crippen molar-refractivity contribution < 1.29 is 14.3 Å². The molecule has 1 aromatic rings. The molecule has 11 heteroatoms. The molecule has 0 bridgehead atoms. The highest BCUT2D eigenvalue weighted by atomic mass is 35.5. The predicted molar refractivity (Wildman–Crippen MR) is 98.8 cm³/mol. The van der Waals surface area contributed by atoms with Crippen LogP contribution in [0.1, 0.15) is 36.2 Å². The molecule has 10 nitrogen and oxygen atoms in total. The number of epoxide rings is 1. The summed E-state index contributed by atoms with van der Waals surface area (Å²) in [6.07, 6.45) is 4.48. The number of hydrogen-bond acceptors (Lipinski definition) is 8. The van der Waals surface area contributed by atoms with Gasteiger partial charge in [-0.2, -0.15) is 0 Å². The maximum Gasteiger partial charge on any atom is 0.280 e. The van der Waals surface area contributed by atoms with E-state index in [0.717, 1.165) is 25.7 Å². The maximum absolute atomic E-state index is 12.1. The molecule has 144 valence electrons. The predicted octanol–water partition coefficient (Wildman–Crippen LogP) is 0.313. The minimum atomic E-state index is -0.645. The maximum atomic E-state index is 12.1. The number of unbranched alkanes of at least 4 members (excludes halogenated alkanes) is 2. The summed E-state index contributed by atoms with van der Waals surface area (Å²) in [7, 11) is 1.67. The molecular weight excluding hydrogens is 362 g/mol. The average Bonchev–Trinajstić information content (AvgIpc) is 3.32. The first-order chi connectivity index (χ1) is 12.4. The van der Waals surface area contributed by atoms with E-state index in [1.54, 1.807) is 7.11 Å². The lowest BCUT2D eigenvalue weighted by atomic mass is 10.1. The van der Waals surface area contributed by atoms with Crippen molar-refractivity contribution >= 4 is 35.1 Å². The zero-order valence-electron chi connectivity index (χ0n) is 14.6. The molecule has 2 unspecified atom stereocenters. The molecule has 2 heterocycles. The molecule has 0 spiro atoms. The smallest absolute Gasteiger partial charge is 0.280 e. The van der Waals surface area contributed by atoms with E-state index in [1.807, 2.05) is 0 Å². The Morgan fingerprint density at radius 2 is 2.04 bits per heavy atom. The standard InChI is InChI=1S/C15H24ClN7O3/c1-25-7-9-8(26-9)5-3-2-4-6-20-15(19)23-14(24)10-12(17)22-13(18)11(16)21-10/h8-9H,2-7H2,1H3,(H4,17,18,22)(H3,19,20,23,24). The van der Waals surface area contributed by atoms with Crippen molar-refractivity contribution in [2.75, 3.05) is 31.7 Å². The van der Waals surface area contributed by atoms with Gasteiger partial charge in [0.05, 0.1) is 12.7 Å². The van der Waals surface area contributed by atoms with E-state index in [2.05, 4.69) is 20.3 Å². The summed E-state index contributed by atoms with van der Waals surface area (Å²) in [5.74, 6) is -0.846. The van der Waals surface area contributed by atoms with Crippen LogP contribution in [0.3, 0.4) is 0 Å². The number of ether oxygens (including phenoxy) is 2. The number of nitrogens with one attached hydrogen (secondary N) is 1. The Morgan fingerprint density at radius 3 is 2.77 bits per heavy atom. The van der Waals surface area contributed by atoms with Gasteiger partial charge in [0.1, 0.15) is 6.10 Å². The van der Waals surface area contributed by atoms with Crippen molar-refractivity contribution in [1.82, 2.24) is 15.3 Å². The fraction of sp³-hybridized carbons (Fsp3) is 0.600. The zero-order chi connectivity index (χ0) is 19.1. The van der Waals surface area contributed by atoms with Gasteiger partial charge in [-0.05, 0) is 12.8 Å². The molecule has 0 aliphatic carbocycles. The second-order valence-corrected chi connectivity index (χ2v) is 6.23. The van der Waals surface area contributed by atoms with Crippen molar-refractivity contribution in [3.05, 3.63) is 10.8 Å². The van der Waals surface area contributed by atoms with Crippen molar-refractivity contribution in [3.8, 4) is 0 Å². The molecule has 2 atom stereocenters. The molecule has 1 amide bonds. The number of nitrogen functional groups attached to an aromatic ring is 2. The van der Waals surface area contributed by atoms with Gasteiger partial charge in [0.2, 0.25) is 0 Å². The first-order valence-corrected chi connectivity index (χ1v) is 8.64. The third kappa shape index (κ3) is 5.97. The van der Waals surface area contributed by atoms with Crippen LogP contribution in [0.5, 0.6) is 0 Å². The third-order valence-electron chi connectivity index (χ3n) is 3.81. The second kappa shape index (κ2) is 9.51. The number of rotatable bonds is 9. The number of nitrogens with two attached hydrogens (primary N) is 3. The van der Waals surface area contributed by atoms with Gasteiger partial charge in [0, 0.05) is 13.7 Å². The van der Waals surface area contributed by atoms with Crippen molar-refractivity contribution in [2.24, 2.45) is 10.7 Å². The highest BCUT2D eigenvalue weighted by Crippen LogP contribution is 2.27. The third-order valence-corrected chi connectivity index (χ3v) is 4.09. The van der Waals surface area contributed by atoms with Gasteiger partial charge in [0.25, 0.3) is 5.91 Å². The number of guanidine groups is 1. The van der Waals surface area contributed by atoms with Crippen LogP contribution < -0.4 is 22.5 Å². The van der Waals surface area contributed by atoms with E-state index >= 15 is 0 Å². The van der Waals surface area contributed by atoms with Crippen molar-refractivity contribution in [1.29, 1.82) is 0 Å². The first kappa shape index (κ1) is 20.1. The number of anilines is 2. The fourth-order valence-corrected chi connectivity index (χ4v) is 2.53. The van der Waals surface area contributed by atoms with Crippen LogP contribution in [0.15, 0.2) is 4.99 Å². The molecular formula is C15H24ClN7O3. The quantitative estimate of drug-likeness (QED) is 0.204. The van der Waals surface area contributed by atoms with E-state index in [4.69, 9.17) is 38.3 Å². The first-order valence-electron chi connectivity index (χ1n) is 8.26. The summed E-state index contributed by atoms with van der Waals surface area (Å²) in [5.41, 5.74) is 16.6. The summed E-state index contributed by atoms with van der Waals surface area (Å²) in [6, 6.07) is 0. The SMILES string of the molecule is COCC1OC1CCCCCN=C(N)NC(=O)c1nc(Cl)c(N)nc1N. The van der Waals surface area contributed by atoms with Crippen LogP contribution in [0.4, 0.5) is 11.6 Å². The minimum Gasteiger partial charge on any atom is -0.382 e. The lowest BCUT2D eigenvalue weighted by Crippen LogP contribution is -2.38. The molecule has 0 aromatic carbocycles. The second-order valence-electron chi connectivity index (χ2n) is 5.87. The van der Waals surface area contributed by atoms with Gasteiger partial charge in [-0.3, -0.25) is 15.1 Å². The van der Waals surface area contributed by atoms with Gasteiger partial charge in [-0.1, -0.05) is 24.4 Å². The normalized spacial score (nSPS) is 19.4. The van der Waals surface area contributed by atoms with Crippen LogP contribution >= 0.6 is 11.6 Å². The Hall–Kier alpha value is -2.17. The number of carbonyl (C=O) groups excluding carboxylic acids is 1. The van der Waals surface area contributed by atoms with E-state index < -0.39 is 5.91 Å². The minimum absolute atomic E-state index is 0.0187. The molecule has 1 aliphatic heterocycles. The number of amides is 1. The summed E-state index contributed by atoms with van der Waals surface area (Å²) in [4.78, 5) is 23.7. The van der Waals surface area contributed by atoms with E-state index in [1.165, 1.54) is 0 Å². The highest BCUT2D eigenvalue weighted by molar-refractivity contribution is 6.31. The van der Waals surface area contributed by atoms with E-state index in [0.29, 0.717) is 19.3 Å². The molecule has 26 heavy (non-hydrogen) atoms. The molecule has 0 radical (unpaired) electrons. The number of hydrogen-bond donors (Lipinski definition) is 4. The number of aliphatic imine (C=N–C) groups is 1. The fourth-order valence-electron chi connectivity index (χ4n) is 2.40. The lowest BCUT2D eigenvalue weighted by Gasteiger charge is -2.07. The Bertz CT molecular complexity index is 671. The van der Waals surface area contributed by atoms with Gasteiger partial charge in [-0.15, -0.1) is 0 Å². The average molecular weight is 386 g/mol. The number of aromatic nitrogens is 2. The Labute approximate surface area is 156 Å². The largest absolute Gasteiger partial charge is 0.382 e. The Morgan fingerprint density at radius 1 is 1.27 bits per heavy atom. The van der Waals surface area contributed by atoms with Gasteiger partial charge >= 0.3 is 0 Å². The molecule has 2 rings (SSSR count). The molecule has 7 N–H and O–H groups in total. The summed E-state index contributed by atoms with van der Waals surface area (Å²) in [5, 5.41) is 2.29. The van der Waals surface area contributed by atoms with E-state index in [-0.39, 0.29) is 34.5 Å². The van der Waals surface area contributed by atoms with Crippen LogP contribution in [0.25, 0.3) is 0 Å². The Balaban J connectivity index is 1.66. The van der Waals surface area contributed by atoms with E-state index in [9.17, 15) is 4.79 Å². The molecule has 1 fully saturated rings. The summed E-state index contributed by atoms with van der Waals surface area (Å²) >= 11 is 5.74. The van der Waals surface area contributed by atoms with Gasteiger partial charge in [-0.25, -0.2) is 9.97 Å². The van der Waals surface area contributed by atoms with Crippen molar-refractivity contribution in [2.45, 2.75) is 37.9 Å². The monoisotopic (exact) mass is 385 g/mol. The Kier molecular flexibility index (Phi) is 7.37. The summed E-state index contributed by atoms with van der Waals surface area (Å²) < 4.78 is 10.5. The lowest BCUT2D eigenvalue weighted by molar-refractivity contribution is 0.0972. The molecule has 1 aromatic heterocycles. The van der Waals surface area contributed by atoms with Crippen molar-refractivity contribution in [3.63, 3.8) is 0 Å². The highest BCUT2D eigenvalue weighted by Gasteiger charge is 2.37. The number of methoxy groups -OCH3 is 1. The van der Waals surface area contributed by atoms with Crippen LogP contribution in [0.2, 0.25) is 5.15 Å². The zero-order valence-corrected chi connectivity index (χ0v) is 15.3. The topological polar surface area (TPSA) is 167 Å². The molecule has 1 aliphatic rings. The van der Waals surface area contributed by atoms with Crippen LogP contribution in [-0.4, -0.2) is 54.3 Å². The van der Waals surface area contributed by atoms with Gasteiger partial charge in [0.15, 0.2) is 28.4 Å². The van der Waals surface area contributed by atoms with Gasteiger partial charge < -0.3 is 26.7 Å². The number of carbonyl (C=O) groups is 1. The van der Waals surface area contributed by atoms with Crippen LogP contribution in [-0.2, 0) is 9.47 Å². The molecule has 1 saturated heterocycles.